The van der Waals surface area contributed by atoms with Crippen LogP contribution in [0.5, 0.6) is 17.2 Å². The molecule has 0 fully saturated rings. The average Bonchev–Trinajstić information content (AvgIpc) is 3.01. The number of hydrogen-bond acceptors (Lipinski definition) is 4. The zero-order chi connectivity index (χ0) is 18.1. The molecule has 1 aromatic heterocycles. The molecule has 3 aromatic carbocycles. The first kappa shape index (κ1) is 16.8. The van der Waals surface area contributed by atoms with Gasteiger partial charge in [0.2, 0.25) is 5.78 Å². The standard InChI is InChI=1S/C21H13BrO3S/c22-14-6-9-16(10-7-14)25-20-17-11-8-15(23)12-18(17)26-21(20)19(24)13-4-2-1-3-5-13/h1-12,23H. The summed E-state index contributed by atoms with van der Waals surface area (Å²) in [7, 11) is 0. The molecule has 5 heteroatoms. The number of halogens is 1. The highest BCUT2D eigenvalue weighted by Gasteiger charge is 2.22. The number of thiophene rings is 1. The molecule has 0 unspecified atom stereocenters. The number of hydrogen-bond donors (Lipinski definition) is 1. The number of fused-ring (bicyclic) bond motifs is 1. The zero-order valence-electron chi connectivity index (χ0n) is 13.5. The summed E-state index contributed by atoms with van der Waals surface area (Å²) in [6.07, 6.45) is 0. The quantitative estimate of drug-likeness (QED) is 0.385. The number of aromatic hydroxyl groups is 1. The summed E-state index contributed by atoms with van der Waals surface area (Å²) in [6.45, 7) is 0. The minimum atomic E-state index is -0.0987. The second kappa shape index (κ2) is 6.94. The topological polar surface area (TPSA) is 46.5 Å². The zero-order valence-corrected chi connectivity index (χ0v) is 15.9. The highest BCUT2D eigenvalue weighted by Crippen LogP contribution is 2.42. The summed E-state index contributed by atoms with van der Waals surface area (Å²) in [6, 6.07) is 21.6. The largest absolute Gasteiger partial charge is 0.508 e. The van der Waals surface area contributed by atoms with Crippen LogP contribution in [-0.2, 0) is 0 Å². The van der Waals surface area contributed by atoms with Crippen LogP contribution in [0, 0.1) is 0 Å². The molecule has 0 radical (unpaired) electrons. The van der Waals surface area contributed by atoms with Crippen molar-refractivity contribution in [2.24, 2.45) is 0 Å². The SMILES string of the molecule is O=C(c1ccccc1)c1sc2cc(O)ccc2c1Oc1ccc(Br)cc1. The maximum Gasteiger partial charge on any atom is 0.206 e. The Kier molecular flexibility index (Phi) is 4.49. The van der Waals surface area contributed by atoms with Crippen molar-refractivity contribution in [3.05, 3.63) is 87.7 Å². The summed E-state index contributed by atoms with van der Waals surface area (Å²) in [5, 5.41) is 10.6. The maximum absolute atomic E-state index is 13.0. The van der Waals surface area contributed by atoms with Crippen molar-refractivity contribution < 1.29 is 14.6 Å². The molecule has 3 nitrogen and oxygen atoms in total. The van der Waals surface area contributed by atoms with Gasteiger partial charge in [0.25, 0.3) is 0 Å². The fraction of sp³-hybridized carbons (Fsp3) is 0. The van der Waals surface area contributed by atoms with Crippen LogP contribution in [0.4, 0.5) is 0 Å². The summed E-state index contributed by atoms with van der Waals surface area (Å²) in [5.74, 6) is 1.22. The van der Waals surface area contributed by atoms with Crippen molar-refractivity contribution in [3.8, 4) is 17.2 Å². The van der Waals surface area contributed by atoms with Gasteiger partial charge in [-0.1, -0.05) is 46.3 Å². The maximum atomic E-state index is 13.0. The molecule has 0 bridgehead atoms. The molecule has 0 aliphatic carbocycles. The third-order valence-electron chi connectivity index (χ3n) is 3.90. The molecule has 128 valence electrons. The molecule has 1 heterocycles. The van der Waals surface area contributed by atoms with Gasteiger partial charge >= 0.3 is 0 Å². The minimum Gasteiger partial charge on any atom is -0.508 e. The molecule has 26 heavy (non-hydrogen) atoms. The molecular weight excluding hydrogens is 412 g/mol. The van der Waals surface area contributed by atoms with E-state index in [9.17, 15) is 9.90 Å². The Hall–Kier alpha value is -2.63. The first-order valence-electron chi connectivity index (χ1n) is 7.90. The normalized spacial score (nSPS) is 10.8. The van der Waals surface area contributed by atoms with Crippen LogP contribution < -0.4 is 4.74 Å². The average molecular weight is 425 g/mol. The van der Waals surface area contributed by atoms with Crippen molar-refractivity contribution in [1.82, 2.24) is 0 Å². The molecule has 1 N–H and O–H groups in total. The van der Waals surface area contributed by atoms with E-state index < -0.39 is 0 Å². The lowest BCUT2D eigenvalue weighted by molar-refractivity contribution is 0.104. The third-order valence-corrected chi connectivity index (χ3v) is 5.57. The Morgan fingerprint density at radius 1 is 0.962 bits per heavy atom. The van der Waals surface area contributed by atoms with Crippen LogP contribution >= 0.6 is 27.3 Å². The molecule has 0 amide bonds. The van der Waals surface area contributed by atoms with Gasteiger partial charge in [-0.05, 0) is 42.5 Å². The van der Waals surface area contributed by atoms with E-state index in [4.69, 9.17) is 4.74 Å². The first-order chi connectivity index (χ1) is 12.6. The molecule has 0 aliphatic rings. The van der Waals surface area contributed by atoms with Gasteiger partial charge in [-0.25, -0.2) is 0 Å². The van der Waals surface area contributed by atoms with Crippen LogP contribution in [0.3, 0.4) is 0 Å². The predicted octanol–water partition coefficient (Wildman–Crippen LogP) is 6.39. The Morgan fingerprint density at radius 3 is 2.42 bits per heavy atom. The van der Waals surface area contributed by atoms with Gasteiger partial charge in [-0.15, -0.1) is 11.3 Å². The lowest BCUT2D eigenvalue weighted by atomic mass is 10.1. The Bertz CT molecular complexity index is 1090. The highest BCUT2D eigenvalue weighted by atomic mass is 79.9. The summed E-state index contributed by atoms with van der Waals surface area (Å²) < 4.78 is 7.84. The lowest BCUT2D eigenvalue weighted by Gasteiger charge is -2.08. The predicted molar refractivity (Wildman–Crippen MR) is 108 cm³/mol. The monoisotopic (exact) mass is 424 g/mol. The van der Waals surface area contributed by atoms with Crippen molar-refractivity contribution >= 4 is 43.1 Å². The molecule has 0 spiro atoms. The Labute approximate surface area is 162 Å². The summed E-state index contributed by atoms with van der Waals surface area (Å²) >= 11 is 4.72. The number of carbonyl (C=O) groups excluding carboxylic acids is 1. The molecule has 4 rings (SSSR count). The van der Waals surface area contributed by atoms with Gasteiger partial charge in [-0.3, -0.25) is 4.79 Å². The number of benzene rings is 3. The second-order valence-corrected chi connectivity index (χ2v) is 7.66. The Morgan fingerprint density at radius 2 is 1.69 bits per heavy atom. The van der Waals surface area contributed by atoms with Crippen molar-refractivity contribution in [2.45, 2.75) is 0 Å². The molecule has 4 aromatic rings. The second-order valence-electron chi connectivity index (χ2n) is 5.69. The number of carbonyl (C=O) groups is 1. The van der Waals surface area contributed by atoms with E-state index >= 15 is 0 Å². The smallest absolute Gasteiger partial charge is 0.206 e. The van der Waals surface area contributed by atoms with E-state index in [1.807, 2.05) is 42.5 Å². The van der Waals surface area contributed by atoms with E-state index in [1.54, 1.807) is 30.3 Å². The van der Waals surface area contributed by atoms with Gasteiger partial charge in [-0.2, -0.15) is 0 Å². The molecule has 0 aliphatic heterocycles. The van der Waals surface area contributed by atoms with Crippen molar-refractivity contribution in [1.29, 1.82) is 0 Å². The molecule has 0 atom stereocenters. The van der Waals surface area contributed by atoms with Crippen LogP contribution in [-0.4, -0.2) is 10.9 Å². The van der Waals surface area contributed by atoms with Crippen molar-refractivity contribution in [2.75, 3.05) is 0 Å². The first-order valence-corrected chi connectivity index (χ1v) is 9.51. The van der Waals surface area contributed by atoms with Gasteiger partial charge in [0.05, 0.1) is 0 Å². The van der Waals surface area contributed by atoms with Gasteiger partial charge in [0.1, 0.15) is 16.4 Å². The lowest BCUT2D eigenvalue weighted by Crippen LogP contribution is -2.00. The fourth-order valence-electron chi connectivity index (χ4n) is 2.65. The summed E-state index contributed by atoms with van der Waals surface area (Å²) in [5.41, 5.74) is 0.601. The van der Waals surface area contributed by atoms with Gasteiger partial charge in [0.15, 0.2) is 5.75 Å². The van der Waals surface area contributed by atoms with E-state index in [2.05, 4.69) is 15.9 Å². The number of ether oxygens (including phenoxy) is 1. The van der Waals surface area contributed by atoms with Crippen LogP contribution in [0.1, 0.15) is 15.2 Å². The van der Waals surface area contributed by atoms with E-state index in [0.717, 1.165) is 14.6 Å². The Balaban J connectivity index is 1.85. The number of phenols is 1. The molecule has 0 saturated carbocycles. The number of rotatable bonds is 4. The third kappa shape index (κ3) is 3.23. The molecule has 0 saturated heterocycles. The summed E-state index contributed by atoms with van der Waals surface area (Å²) in [4.78, 5) is 13.5. The van der Waals surface area contributed by atoms with E-state index in [1.165, 1.54) is 11.3 Å². The van der Waals surface area contributed by atoms with Gasteiger partial charge in [0, 0.05) is 20.1 Å². The van der Waals surface area contributed by atoms with Gasteiger partial charge < -0.3 is 9.84 Å². The fourth-order valence-corrected chi connectivity index (χ4v) is 4.04. The van der Waals surface area contributed by atoms with Crippen LogP contribution in [0.2, 0.25) is 0 Å². The van der Waals surface area contributed by atoms with E-state index in [0.29, 0.717) is 21.9 Å². The minimum absolute atomic E-state index is 0.0987. The van der Waals surface area contributed by atoms with Crippen molar-refractivity contribution in [3.63, 3.8) is 0 Å². The molecular formula is C21H13BrO3S. The number of phenolic OH excluding ortho intramolecular Hbond substituents is 1. The van der Waals surface area contributed by atoms with E-state index in [-0.39, 0.29) is 11.5 Å². The number of ketones is 1. The van der Waals surface area contributed by atoms with Crippen LogP contribution in [0.15, 0.2) is 77.3 Å². The van der Waals surface area contributed by atoms with Crippen LogP contribution in [0.25, 0.3) is 10.1 Å². The highest BCUT2D eigenvalue weighted by molar-refractivity contribution is 9.10.